The highest BCUT2D eigenvalue weighted by Crippen LogP contribution is 2.38. The summed E-state index contributed by atoms with van der Waals surface area (Å²) in [5.41, 5.74) is 8.99. The molecule has 0 aliphatic carbocycles. The zero-order valence-corrected chi connectivity index (χ0v) is 18.3. The summed E-state index contributed by atoms with van der Waals surface area (Å²) in [6.45, 7) is 14.0. The first kappa shape index (κ1) is 19.1. The molecule has 1 saturated heterocycles. The third-order valence-electron chi connectivity index (χ3n) is 6.43. The van der Waals surface area contributed by atoms with E-state index in [1.165, 1.54) is 11.1 Å². The number of nitrogens with zero attached hydrogens (tertiary/aromatic N) is 5. The van der Waals surface area contributed by atoms with Gasteiger partial charge >= 0.3 is 0 Å². The van der Waals surface area contributed by atoms with Gasteiger partial charge in [0.25, 0.3) is 0 Å². The second-order valence-electron chi connectivity index (χ2n) is 8.70. The Bertz CT molecular complexity index is 1230. The van der Waals surface area contributed by atoms with Crippen molar-refractivity contribution in [1.82, 2.24) is 29.9 Å². The number of hydrogen-bond acceptors (Lipinski definition) is 5. The molecule has 1 fully saturated rings. The third-order valence-corrected chi connectivity index (χ3v) is 6.43. The van der Waals surface area contributed by atoms with E-state index in [4.69, 9.17) is 4.98 Å². The number of fused-ring (bicyclic) bond motifs is 2. The number of aromatic nitrogens is 5. The van der Waals surface area contributed by atoms with Crippen LogP contribution in [0, 0.1) is 13.8 Å². The summed E-state index contributed by atoms with van der Waals surface area (Å²) in [5.74, 6) is 1.40. The van der Waals surface area contributed by atoms with Gasteiger partial charge in [-0.25, -0.2) is 14.5 Å². The fourth-order valence-electron chi connectivity index (χ4n) is 4.65. The van der Waals surface area contributed by atoms with E-state index in [2.05, 4.69) is 78.2 Å². The number of aromatic amines is 1. The monoisotopic (exact) mass is 403 g/mol. The Hall–Kier alpha value is -2.93. The van der Waals surface area contributed by atoms with Crippen LogP contribution in [0.2, 0.25) is 0 Å². The third kappa shape index (κ3) is 2.88. The second kappa shape index (κ2) is 7.09. The Labute approximate surface area is 176 Å². The standard InChI is InChI=1S/C23H29N7/c1-13(2)20-21(17-11-30-23(25-12-26-30)16(5)15(17)4)27-18-6-7-19(28-22(18)20)29-9-8-24-10-14(29)3/h6-7,11-14,24,27H,8-10H2,1-5H3. The normalized spacial score (nSPS) is 17.5. The van der Waals surface area contributed by atoms with Gasteiger partial charge in [-0.3, -0.25) is 0 Å². The van der Waals surface area contributed by atoms with Gasteiger partial charge in [0.05, 0.1) is 16.7 Å². The van der Waals surface area contributed by atoms with Gasteiger partial charge < -0.3 is 15.2 Å². The number of anilines is 1. The molecule has 4 aromatic heterocycles. The van der Waals surface area contributed by atoms with Gasteiger partial charge in [-0.15, -0.1) is 0 Å². The summed E-state index contributed by atoms with van der Waals surface area (Å²) in [6, 6.07) is 4.76. The highest BCUT2D eigenvalue weighted by atomic mass is 15.3. The van der Waals surface area contributed by atoms with E-state index in [-0.39, 0.29) is 0 Å². The van der Waals surface area contributed by atoms with Crippen molar-refractivity contribution in [3.8, 4) is 11.3 Å². The fourth-order valence-corrected chi connectivity index (χ4v) is 4.65. The van der Waals surface area contributed by atoms with Gasteiger partial charge in [-0.2, -0.15) is 5.10 Å². The van der Waals surface area contributed by atoms with Crippen LogP contribution in [0.15, 0.2) is 24.7 Å². The molecule has 1 unspecified atom stereocenters. The molecule has 0 amide bonds. The molecule has 0 aromatic carbocycles. The van der Waals surface area contributed by atoms with E-state index in [9.17, 15) is 0 Å². The predicted octanol–water partition coefficient (Wildman–Crippen LogP) is 3.81. The lowest BCUT2D eigenvalue weighted by Gasteiger charge is -2.35. The van der Waals surface area contributed by atoms with Crippen molar-refractivity contribution in [2.75, 3.05) is 24.5 Å². The minimum atomic E-state index is 0.336. The first-order valence-electron chi connectivity index (χ1n) is 10.8. The summed E-state index contributed by atoms with van der Waals surface area (Å²) in [7, 11) is 0. The van der Waals surface area contributed by atoms with Crippen LogP contribution in [0.5, 0.6) is 0 Å². The van der Waals surface area contributed by atoms with Gasteiger partial charge in [0.2, 0.25) is 0 Å². The predicted molar refractivity (Wildman–Crippen MR) is 121 cm³/mol. The van der Waals surface area contributed by atoms with E-state index in [0.29, 0.717) is 12.0 Å². The first-order chi connectivity index (χ1) is 14.5. The number of nitrogens with one attached hydrogen (secondary N) is 2. The largest absolute Gasteiger partial charge is 0.353 e. The van der Waals surface area contributed by atoms with Crippen LogP contribution in [0.4, 0.5) is 5.82 Å². The lowest BCUT2D eigenvalue weighted by molar-refractivity contribution is 0.497. The van der Waals surface area contributed by atoms with Gasteiger partial charge in [-0.1, -0.05) is 13.8 Å². The lowest BCUT2D eigenvalue weighted by atomic mass is 9.95. The Balaban J connectivity index is 1.72. The summed E-state index contributed by atoms with van der Waals surface area (Å²) in [4.78, 5) is 15.6. The Morgan fingerprint density at radius 1 is 1.17 bits per heavy atom. The van der Waals surface area contributed by atoms with Crippen molar-refractivity contribution >= 4 is 22.5 Å². The van der Waals surface area contributed by atoms with Crippen LogP contribution < -0.4 is 10.2 Å². The number of pyridine rings is 2. The molecule has 4 aromatic rings. The average molecular weight is 404 g/mol. The molecule has 1 aliphatic heterocycles. The molecule has 0 radical (unpaired) electrons. The van der Waals surface area contributed by atoms with Gasteiger partial charge in [-0.05, 0) is 49.9 Å². The van der Waals surface area contributed by atoms with Crippen LogP contribution in [0.1, 0.15) is 43.4 Å². The molecule has 5 rings (SSSR count). The molecule has 0 spiro atoms. The number of rotatable bonds is 3. The SMILES string of the molecule is Cc1c(-c2[nH]c3ccc(N4CCNCC4C)nc3c2C(C)C)cn2ncnc2c1C. The highest BCUT2D eigenvalue weighted by molar-refractivity contribution is 5.90. The number of aryl methyl sites for hydroxylation is 1. The molecule has 30 heavy (non-hydrogen) atoms. The van der Waals surface area contributed by atoms with E-state index < -0.39 is 0 Å². The maximum atomic E-state index is 5.15. The van der Waals surface area contributed by atoms with E-state index in [1.54, 1.807) is 6.33 Å². The smallest absolute Gasteiger partial charge is 0.158 e. The van der Waals surface area contributed by atoms with Crippen molar-refractivity contribution in [2.45, 2.75) is 46.6 Å². The summed E-state index contributed by atoms with van der Waals surface area (Å²) >= 11 is 0. The highest BCUT2D eigenvalue weighted by Gasteiger charge is 2.24. The average Bonchev–Trinajstić information content (AvgIpc) is 3.35. The van der Waals surface area contributed by atoms with Crippen molar-refractivity contribution in [3.05, 3.63) is 41.3 Å². The van der Waals surface area contributed by atoms with Crippen LogP contribution >= 0.6 is 0 Å². The number of piperazine rings is 1. The topological polar surface area (TPSA) is 74.1 Å². The first-order valence-corrected chi connectivity index (χ1v) is 10.8. The quantitative estimate of drug-likeness (QED) is 0.544. The molecule has 1 atom stereocenters. The van der Waals surface area contributed by atoms with Gasteiger partial charge in [0.1, 0.15) is 12.1 Å². The maximum absolute atomic E-state index is 5.15. The van der Waals surface area contributed by atoms with Crippen molar-refractivity contribution < 1.29 is 0 Å². The second-order valence-corrected chi connectivity index (χ2v) is 8.70. The van der Waals surface area contributed by atoms with Crippen LogP contribution in [-0.2, 0) is 0 Å². The summed E-state index contributed by atoms with van der Waals surface area (Å²) < 4.78 is 1.87. The van der Waals surface area contributed by atoms with Crippen LogP contribution in [0.25, 0.3) is 27.9 Å². The molecule has 156 valence electrons. The molecule has 1 aliphatic rings. The number of H-pyrrole nitrogens is 1. The molecule has 2 N–H and O–H groups in total. The molecule has 7 heteroatoms. The molecule has 5 heterocycles. The zero-order valence-electron chi connectivity index (χ0n) is 18.3. The minimum Gasteiger partial charge on any atom is -0.353 e. The number of hydrogen-bond donors (Lipinski definition) is 2. The van der Waals surface area contributed by atoms with Gasteiger partial charge in [0, 0.05) is 43.0 Å². The molecule has 0 saturated carbocycles. The van der Waals surface area contributed by atoms with Gasteiger partial charge in [0.15, 0.2) is 5.65 Å². The Kier molecular flexibility index (Phi) is 4.50. The molecular weight excluding hydrogens is 374 g/mol. The van der Waals surface area contributed by atoms with E-state index >= 15 is 0 Å². The zero-order chi connectivity index (χ0) is 21.0. The molecule has 0 bridgehead atoms. The van der Waals surface area contributed by atoms with E-state index in [0.717, 1.165) is 59.0 Å². The lowest BCUT2D eigenvalue weighted by Crippen LogP contribution is -2.50. The Morgan fingerprint density at radius 3 is 2.77 bits per heavy atom. The molecule has 7 nitrogen and oxygen atoms in total. The van der Waals surface area contributed by atoms with Crippen molar-refractivity contribution in [3.63, 3.8) is 0 Å². The fraction of sp³-hybridized carbons (Fsp3) is 0.435. The minimum absolute atomic E-state index is 0.336. The molecular formula is C23H29N7. The Morgan fingerprint density at radius 2 is 2.00 bits per heavy atom. The van der Waals surface area contributed by atoms with Crippen LogP contribution in [0.3, 0.4) is 0 Å². The van der Waals surface area contributed by atoms with Crippen LogP contribution in [-0.4, -0.2) is 50.2 Å². The van der Waals surface area contributed by atoms with Crippen molar-refractivity contribution in [2.24, 2.45) is 0 Å². The summed E-state index contributed by atoms with van der Waals surface area (Å²) in [5, 5.41) is 7.84. The summed E-state index contributed by atoms with van der Waals surface area (Å²) in [6.07, 6.45) is 3.70. The maximum Gasteiger partial charge on any atom is 0.158 e. The van der Waals surface area contributed by atoms with Crippen molar-refractivity contribution in [1.29, 1.82) is 0 Å². The van der Waals surface area contributed by atoms with E-state index in [1.807, 2.05) is 4.52 Å².